The molecule has 0 spiro atoms. The Labute approximate surface area is 166 Å². The van der Waals surface area contributed by atoms with Gasteiger partial charge in [-0.15, -0.1) is 0 Å². The number of pyridine rings is 1. The van der Waals surface area contributed by atoms with Gasteiger partial charge in [0, 0.05) is 45.1 Å². The lowest BCUT2D eigenvalue weighted by Gasteiger charge is -2.25. The Morgan fingerprint density at radius 3 is 2.46 bits per heavy atom. The maximum atomic E-state index is 12.5. The van der Waals surface area contributed by atoms with Crippen molar-refractivity contribution in [3.8, 4) is 0 Å². The van der Waals surface area contributed by atoms with E-state index in [9.17, 15) is 9.59 Å². The SMILES string of the molecule is CC(C)(C)OC(=O)N1CC2CC(CNC(=O)N3Cc4ccncc4C3)CC2C1. The van der Waals surface area contributed by atoms with Gasteiger partial charge >= 0.3 is 12.1 Å². The van der Waals surface area contributed by atoms with Crippen LogP contribution < -0.4 is 5.32 Å². The summed E-state index contributed by atoms with van der Waals surface area (Å²) in [6.07, 6.45) is 5.55. The average molecular weight is 386 g/mol. The summed E-state index contributed by atoms with van der Waals surface area (Å²) in [4.78, 5) is 32.6. The number of likely N-dealkylation sites (tertiary alicyclic amines) is 1. The summed E-state index contributed by atoms with van der Waals surface area (Å²) in [6.45, 7) is 9.25. The van der Waals surface area contributed by atoms with Crippen LogP contribution in [0.15, 0.2) is 18.5 Å². The Bertz CT molecular complexity index is 721. The predicted molar refractivity (Wildman–Crippen MR) is 104 cm³/mol. The molecule has 3 amide bonds. The number of fused-ring (bicyclic) bond motifs is 2. The third kappa shape index (κ3) is 4.08. The fourth-order valence-corrected chi connectivity index (χ4v) is 4.77. The molecule has 1 aliphatic carbocycles. The molecule has 0 bridgehead atoms. The van der Waals surface area contributed by atoms with Gasteiger partial charge in [0.1, 0.15) is 5.60 Å². The zero-order valence-corrected chi connectivity index (χ0v) is 17.0. The number of aromatic nitrogens is 1. The first kappa shape index (κ1) is 19.0. The van der Waals surface area contributed by atoms with Crippen LogP contribution in [-0.2, 0) is 17.8 Å². The molecule has 152 valence electrons. The molecule has 2 unspecified atom stereocenters. The molecular weight excluding hydrogens is 356 g/mol. The normalized spacial score (nSPS) is 26.2. The number of nitrogens with zero attached hydrogens (tertiary/aromatic N) is 3. The zero-order chi connectivity index (χ0) is 19.9. The largest absolute Gasteiger partial charge is 0.444 e. The second-order valence-electron chi connectivity index (χ2n) is 9.43. The van der Waals surface area contributed by atoms with E-state index in [1.807, 2.05) is 42.8 Å². The number of ether oxygens (including phenoxy) is 1. The number of nitrogens with one attached hydrogen (secondary N) is 1. The number of rotatable bonds is 2. The van der Waals surface area contributed by atoms with Crippen LogP contribution in [0, 0.1) is 17.8 Å². The Hall–Kier alpha value is -2.31. The Morgan fingerprint density at radius 2 is 1.82 bits per heavy atom. The lowest BCUT2D eigenvalue weighted by atomic mass is 10.0. The average Bonchev–Trinajstić information content (AvgIpc) is 3.30. The summed E-state index contributed by atoms with van der Waals surface area (Å²) in [7, 11) is 0. The van der Waals surface area contributed by atoms with Crippen molar-refractivity contribution in [2.24, 2.45) is 17.8 Å². The molecule has 0 radical (unpaired) electrons. The molecule has 0 aromatic carbocycles. The van der Waals surface area contributed by atoms with Gasteiger partial charge < -0.3 is 19.9 Å². The first-order valence-corrected chi connectivity index (χ1v) is 10.2. The van der Waals surface area contributed by atoms with Gasteiger partial charge in [0.2, 0.25) is 0 Å². The van der Waals surface area contributed by atoms with E-state index in [0.29, 0.717) is 37.4 Å². The minimum Gasteiger partial charge on any atom is -0.444 e. The predicted octanol–water partition coefficient (Wildman–Crippen LogP) is 3.00. The number of urea groups is 1. The number of amides is 3. The molecule has 2 aliphatic heterocycles. The van der Waals surface area contributed by atoms with Crippen molar-refractivity contribution in [3.05, 3.63) is 29.6 Å². The zero-order valence-electron chi connectivity index (χ0n) is 17.0. The van der Waals surface area contributed by atoms with E-state index in [-0.39, 0.29) is 12.1 Å². The van der Waals surface area contributed by atoms with Crippen LogP contribution in [0.1, 0.15) is 44.7 Å². The molecule has 3 heterocycles. The molecule has 3 aliphatic rings. The fraction of sp³-hybridized carbons (Fsp3) is 0.667. The highest BCUT2D eigenvalue weighted by atomic mass is 16.6. The molecule has 1 saturated heterocycles. The highest BCUT2D eigenvalue weighted by molar-refractivity contribution is 5.75. The van der Waals surface area contributed by atoms with E-state index >= 15 is 0 Å². The topological polar surface area (TPSA) is 74.8 Å². The number of carbonyl (C=O) groups excluding carboxylic acids is 2. The van der Waals surface area contributed by atoms with Crippen molar-refractivity contribution < 1.29 is 14.3 Å². The second-order valence-corrected chi connectivity index (χ2v) is 9.43. The van der Waals surface area contributed by atoms with Crippen molar-refractivity contribution in [1.29, 1.82) is 0 Å². The summed E-state index contributed by atoms with van der Waals surface area (Å²) in [6, 6.07) is 1.99. The summed E-state index contributed by atoms with van der Waals surface area (Å²) in [5.74, 6) is 1.54. The van der Waals surface area contributed by atoms with Gasteiger partial charge in [0.15, 0.2) is 0 Å². The van der Waals surface area contributed by atoms with Crippen molar-refractivity contribution in [2.45, 2.75) is 52.3 Å². The second kappa shape index (κ2) is 7.26. The smallest absolute Gasteiger partial charge is 0.410 e. The van der Waals surface area contributed by atoms with Crippen molar-refractivity contribution in [1.82, 2.24) is 20.1 Å². The maximum Gasteiger partial charge on any atom is 0.410 e. The Morgan fingerprint density at radius 1 is 1.14 bits per heavy atom. The summed E-state index contributed by atoms with van der Waals surface area (Å²) in [5, 5.41) is 3.12. The van der Waals surface area contributed by atoms with Crippen LogP contribution in [0.3, 0.4) is 0 Å². The Kier molecular flexibility index (Phi) is 4.93. The van der Waals surface area contributed by atoms with E-state index in [4.69, 9.17) is 4.74 Å². The molecule has 1 saturated carbocycles. The first-order chi connectivity index (χ1) is 13.3. The molecule has 7 nitrogen and oxygen atoms in total. The van der Waals surface area contributed by atoms with Crippen LogP contribution in [0.25, 0.3) is 0 Å². The minimum atomic E-state index is -0.451. The first-order valence-electron chi connectivity index (χ1n) is 10.2. The number of hydrogen-bond acceptors (Lipinski definition) is 4. The van der Waals surface area contributed by atoms with Crippen molar-refractivity contribution in [2.75, 3.05) is 19.6 Å². The third-order valence-electron chi connectivity index (χ3n) is 6.06. The molecule has 2 fully saturated rings. The molecule has 28 heavy (non-hydrogen) atoms. The van der Waals surface area contributed by atoms with E-state index in [2.05, 4.69) is 10.3 Å². The molecule has 1 aromatic heterocycles. The molecule has 4 rings (SSSR count). The molecule has 1 aromatic rings. The quantitative estimate of drug-likeness (QED) is 0.848. The highest BCUT2D eigenvalue weighted by Crippen LogP contribution is 2.41. The van der Waals surface area contributed by atoms with Crippen LogP contribution in [0.5, 0.6) is 0 Å². The van der Waals surface area contributed by atoms with Gasteiger partial charge in [0.25, 0.3) is 0 Å². The highest BCUT2D eigenvalue weighted by Gasteiger charge is 2.43. The number of carbonyl (C=O) groups is 2. The monoisotopic (exact) mass is 386 g/mol. The Balaban J connectivity index is 1.21. The summed E-state index contributed by atoms with van der Waals surface area (Å²) >= 11 is 0. The van der Waals surface area contributed by atoms with Gasteiger partial charge in [-0.3, -0.25) is 4.98 Å². The van der Waals surface area contributed by atoms with Crippen molar-refractivity contribution in [3.63, 3.8) is 0 Å². The third-order valence-corrected chi connectivity index (χ3v) is 6.06. The van der Waals surface area contributed by atoms with Crippen LogP contribution in [0.4, 0.5) is 9.59 Å². The standard InChI is InChI=1S/C21H30N4O3/c1-21(2,3)28-20(27)25-11-16-6-14(7-17(16)12-25)8-23-19(26)24-10-15-4-5-22-9-18(15)13-24/h4-5,9,14,16-17H,6-8,10-13H2,1-3H3,(H,23,26). The van der Waals surface area contributed by atoms with Gasteiger partial charge in [-0.1, -0.05) is 0 Å². The van der Waals surface area contributed by atoms with Crippen LogP contribution in [-0.4, -0.2) is 52.1 Å². The van der Waals surface area contributed by atoms with Gasteiger partial charge in [-0.25, -0.2) is 9.59 Å². The maximum absolute atomic E-state index is 12.5. The van der Waals surface area contributed by atoms with Gasteiger partial charge in [-0.2, -0.15) is 0 Å². The van der Waals surface area contributed by atoms with E-state index in [1.54, 1.807) is 6.20 Å². The van der Waals surface area contributed by atoms with Crippen molar-refractivity contribution >= 4 is 12.1 Å². The number of hydrogen-bond donors (Lipinski definition) is 1. The lowest BCUT2D eigenvalue weighted by molar-refractivity contribution is 0.0278. The van der Waals surface area contributed by atoms with E-state index in [0.717, 1.165) is 31.5 Å². The van der Waals surface area contributed by atoms with Crippen LogP contribution in [0.2, 0.25) is 0 Å². The molecular formula is C21H30N4O3. The van der Waals surface area contributed by atoms with Gasteiger partial charge in [0.05, 0.1) is 0 Å². The minimum absolute atomic E-state index is 0.00337. The molecule has 7 heteroatoms. The molecule has 1 N–H and O–H groups in total. The van der Waals surface area contributed by atoms with Crippen LogP contribution >= 0.6 is 0 Å². The van der Waals surface area contributed by atoms with E-state index in [1.165, 1.54) is 5.56 Å². The van der Waals surface area contributed by atoms with E-state index < -0.39 is 5.60 Å². The fourth-order valence-electron chi connectivity index (χ4n) is 4.77. The molecule has 2 atom stereocenters. The summed E-state index contributed by atoms with van der Waals surface area (Å²) in [5.41, 5.74) is 1.87. The summed E-state index contributed by atoms with van der Waals surface area (Å²) < 4.78 is 5.50. The lowest BCUT2D eigenvalue weighted by Crippen LogP contribution is -2.39. The van der Waals surface area contributed by atoms with Gasteiger partial charge in [-0.05, 0) is 68.6 Å².